The van der Waals surface area contributed by atoms with Crippen molar-refractivity contribution in [3.63, 3.8) is 0 Å². The molecule has 0 fully saturated rings. The van der Waals surface area contributed by atoms with Crippen LogP contribution in [0.1, 0.15) is 19.4 Å². The third-order valence-electron chi connectivity index (χ3n) is 3.64. The summed E-state index contributed by atoms with van der Waals surface area (Å²) in [5, 5.41) is 2.69. The van der Waals surface area contributed by atoms with E-state index in [0.717, 1.165) is 16.1 Å². The fourth-order valence-corrected chi connectivity index (χ4v) is 2.43. The van der Waals surface area contributed by atoms with Gasteiger partial charge in [0.2, 0.25) is 21.8 Å². The molecule has 1 aromatic rings. The van der Waals surface area contributed by atoms with E-state index in [-0.39, 0.29) is 19.0 Å². The van der Waals surface area contributed by atoms with Gasteiger partial charge in [-0.15, -0.1) is 0 Å². The molecule has 2 amide bonds. The Balaban J connectivity index is 2.99. The first kappa shape index (κ1) is 20.1. The maximum atomic E-state index is 12.6. The fraction of sp³-hybridized carbons (Fsp3) is 0.500. The molecule has 0 aliphatic rings. The molecule has 134 valence electrons. The first-order chi connectivity index (χ1) is 11.2. The standard InChI is InChI=1S/C16H25N3O4S/c1-5-17-16(21)13(2)19(11-14-9-7-6-8-10-14)15(20)12-18(3)24(4,22)23/h6-10,13H,5,11-12H2,1-4H3,(H,17,21)/t13-/m1/s1. The number of rotatable bonds is 8. The molecular formula is C16H25N3O4S. The number of nitrogens with zero attached hydrogens (tertiary/aromatic N) is 2. The quantitative estimate of drug-likeness (QED) is 0.733. The van der Waals surface area contributed by atoms with Gasteiger partial charge < -0.3 is 10.2 Å². The average molecular weight is 355 g/mol. The molecule has 1 rings (SSSR count). The zero-order chi connectivity index (χ0) is 18.3. The van der Waals surface area contributed by atoms with E-state index >= 15 is 0 Å². The largest absolute Gasteiger partial charge is 0.355 e. The fourth-order valence-electron chi connectivity index (χ4n) is 2.08. The van der Waals surface area contributed by atoms with Crippen molar-refractivity contribution in [3.05, 3.63) is 35.9 Å². The van der Waals surface area contributed by atoms with E-state index in [9.17, 15) is 18.0 Å². The van der Waals surface area contributed by atoms with Crippen molar-refractivity contribution in [1.82, 2.24) is 14.5 Å². The highest BCUT2D eigenvalue weighted by molar-refractivity contribution is 7.88. The van der Waals surface area contributed by atoms with E-state index in [1.165, 1.54) is 11.9 Å². The van der Waals surface area contributed by atoms with Crippen LogP contribution in [-0.2, 0) is 26.2 Å². The SMILES string of the molecule is CCNC(=O)[C@@H](C)N(Cc1ccccc1)C(=O)CN(C)S(C)(=O)=O. The van der Waals surface area contributed by atoms with Crippen LogP contribution in [0.3, 0.4) is 0 Å². The summed E-state index contributed by atoms with van der Waals surface area (Å²) in [6, 6.07) is 8.55. The zero-order valence-electron chi connectivity index (χ0n) is 14.5. The van der Waals surface area contributed by atoms with E-state index < -0.39 is 22.0 Å². The second-order valence-electron chi connectivity index (χ2n) is 5.60. The summed E-state index contributed by atoms with van der Waals surface area (Å²) in [4.78, 5) is 26.1. The molecule has 0 radical (unpaired) electrons. The third kappa shape index (κ3) is 5.93. The minimum Gasteiger partial charge on any atom is -0.355 e. The molecule has 1 aromatic carbocycles. The predicted molar refractivity (Wildman–Crippen MR) is 92.6 cm³/mol. The molecule has 1 atom stereocenters. The third-order valence-corrected chi connectivity index (χ3v) is 4.90. The summed E-state index contributed by atoms with van der Waals surface area (Å²) in [6.45, 7) is 3.81. The number of hydrogen-bond acceptors (Lipinski definition) is 4. The normalized spacial score (nSPS) is 12.7. The average Bonchev–Trinajstić information content (AvgIpc) is 2.52. The topological polar surface area (TPSA) is 86.8 Å². The molecule has 0 aliphatic heterocycles. The molecule has 0 spiro atoms. The van der Waals surface area contributed by atoms with Gasteiger partial charge in [-0.05, 0) is 19.4 Å². The lowest BCUT2D eigenvalue weighted by atomic mass is 10.1. The number of amides is 2. The van der Waals surface area contributed by atoms with Gasteiger partial charge in [-0.25, -0.2) is 8.42 Å². The van der Waals surface area contributed by atoms with Crippen molar-refractivity contribution >= 4 is 21.8 Å². The maximum Gasteiger partial charge on any atom is 0.242 e. The molecule has 7 nitrogen and oxygen atoms in total. The number of hydrogen-bond donors (Lipinski definition) is 1. The van der Waals surface area contributed by atoms with Crippen LogP contribution in [-0.4, -0.2) is 61.9 Å². The minimum atomic E-state index is -3.48. The Labute approximate surface area is 143 Å². The molecule has 1 N–H and O–H groups in total. The molecule has 0 saturated heterocycles. The smallest absolute Gasteiger partial charge is 0.242 e. The molecule has 0 unspecified atom stereocenters. The van der Waals surface area contributed by atoms with Gasteiger partial charge in [-0.1, -0.05) is 30.3 Å². The summed E-state index contributed by atoms with van der Waals surface area (Å²) in [6.07, 6.45) is 1.04. The van der Waals surface area contributed by atoms with Gasteiger partial charge in [0.05, 0.1) is 12.8 Å². The summed E-state index contributed by atoms with van der Waals surface area (Å²) >= 11 is 0. The van der Waals surface area contributed by atoms with Crippen molar-refractivity contribution < 1.29 is 18.0 Å². The van der Waals surface area contributed by atoms with Gasteiger partial charge in [0.15, 0.2) is 0 Å². The first-order valence-electron chi connectivity index (χ1n) is 7.69. The number of nitrogens with one attached hydrogen (secondary N) is 1. The molecule has 0 aliphatic carbocycles. The van der Waals surface area contributed by atoms with Gasteiger partial charge in [0, 0.05) is 20.1 Å². The van der Waals surface area contributed by atoms with Crippen LogP contribution >= 0.6 is 0 Å². The van der Waals surface area contributed by atoms with Crippen LogP contribution in [0.5, 0.6) is 0 Å². The van der Waals surface area contributed by atoms with Gasteiger partial charge in [0.1, 0.15) is 6.04 Å². The van der Waals surface area contributed by atoms with Gasteiger partial charge in [-0.3, -0.25) is 9.59 Å². The summed E-state index contributed by atoms with van der Waals surface area (Å²) in [5.41, 5.74) is 0.865. The van der Waals surface area contributed by atoms with Gasteiger partial charge in [0.25, 0.3) is 0 Å². The minimum absolute atomic E-state index is 0.232. The van der Waals surface area contributed by atoms with E-state index in [2.05, 4.69) is 5.32 Å². The van der Waals surface area contributed by atoms with Crippen LogP contribution < -0.4 is 5.32 Å². The van der Waals surface area contributed by atoms with Crippen LogP contribution in [0.2, 0.25) is 0 Å². The number of likely N-dealkylation sites (N-methyl/N-ethyl adjacent to an activating group) is 2. The van der Waals surface area contributed by atoms with Crippen molar-refractivity contribution in [2.24, 2.45) is 0 Å². The molecule has 0 heterocycles. The zero-order valence-corrected chi connectivity index (χ0v) is 15.3. The highest BCUT2D eigenvalue weighted by Gasteiger charge is 2.27. The molecule has 8 heteroatoms. The number of carbonyl (C=O) groups excluding carboxylic acids is 2. The number of sulfonamides is 1. The monoisotopic (exact) mass is 355 g/mol. The summed E-state index contributed by atoms with van der Waals surface area (Å²) in [5.74, 6) is -0.700. The predicted octanol–water partition coefficient (Wildman–Crippen LogP) is 0.431. The van der Waals surface area contributed by atoms with Gasteiger partial charge in [-0.2, -0.15) is 4.31 Å². The number of benzene rings is 1. The second kappa shape index (κ2) is 8.79. The molecule has 0 bridgehead atoms. The highest BCUT2D eigenvalue weighted by atomic mass is 32.2. The Hall–Kier alpha value is -1.93. The van der Waals surface area contributed by atoms with Crippen LogP contribution in [0, 0.1) is 0 Å². The first-order valence-corrected chi connectivity index (χ1v) is 9.54. The van der Waals surface area contributed by atoms with Crippen LogP contribution in [0.4, 0.5) is 0 Å². The maximum absolute atomic E-state index is 12.6. The Morgan fingerprint density at radius 3 is 2.29 bits per heavy atom. The van der Waals surface area contributed by atoms with E-state index in [4.69, 9.17) is 0 Å². The lowest BCUT2D eigenvalue weighted by Crippen LogP contribution is -2.50. The Kier molecular flexibility index (Phi) is 7.37. The highest BCUT2D eigenvalue weighted by Crippen LogP contribution is 2.10. The van der Waals surface area contributed by atoms with Gasteiger partial charge >= 0.3 is 0 Å². The molecular weight excluding hydrogens is 330 g/mol. The van der Waals surface area contributed by atoms with Crippen LogP contribution in [0.15, 0.2) is 30.3 Å². The Bertz CT molecular complexity index is 661. The molecule has 24 heavy (non-hydrogen) atoms. The van der Waals surface area contributed by atoms with Crippen LogP contribution in [0.25, 0.3) is 0 Å². The molecule has 0 saturated carbocycles. The van der Waals surface area contributed by atoms with Crippen molar-refractivity contribution in [1.29, 1.82) is 0 Å². The lowest BCUT2D eigenvalue weighted by molar-refractivity contribution is -0.140. The summed E-state index contributed by atoms with van der Waals surface area (Å²) < 4.78 is 24.0. The van der Waals surface area contributed by atoms with Crippen molar-refractivity contribution in [2.75, 3.05) is 26.4 Å². The van der Waals surface area contributed by atoms with E-state index in [0.29, 0.717) is 6.54 Å². The Morgan fingerprint density at radius 2 is 1.79 bits per heavy atom. The second-order valence-corrected chi connectivity index (χ2v) is 7.69. The number of carbonyl (C=O) groups is 2. The Morgan fingerprint density at radius 1 is 1.21 bits per heavy atom. The summed E-state index contributed by atoms with van der Waals surface area (Å²) in [7, 11) is -2.14. The van der Waals surface area contributed by atoms with E-state index in [1.54, 1.807) is 13.8 Å². The van der Waals surface area contributed by atoms with Crippen molar-refractivity contribution in [3.8, 4) is 0 Å². The molecule has 0 aromatic heterocycles. The van der Waals surface area contributed by atoms with Crippen molar-refractivity contribution in [2.45, 2.75) is 26.4 Å². The van der Waals surface area contributed by atoms with E-state index in [1.807, 2.05) is 30.3 Å². The lowest BCUT2D eigenvalue weighted by Gasteiger charge is -2.30.